The zero-order chi connectivity index (χ0) is 20.6. The number of thiocarbonyl (C=S) groups is 1. The molecule has 2 aromatic heterocycles. The fourth-order valence-corrected chi connectivity index (χ4v) is 3.31. The zero-order valence-electron chi connectivity index (χ0n) is 16.8. The van der Waals surface area contributed by atoms with Crippen molar-refractivity contribution in [3.05, 3.63) is 70.3 Å². The first-order valence-electron chi connectivity index (χ1n) is 9.72. The van der Waals surface area contributed by atoms with Crippen LogP contribution in [0.25, 0.3) is 10.9 Å². The van der Waals surface area contributed by atoms with Gasteiger partial charge in [-0.05, 0) is 54.5 Å². The number of benzene rings is 1. The van der Waals surface area contributed by atoms with Gasteiger partial charge < -0.3 is 19.9 Å². The van der Waals surface area contributed by atoms with E-state index in [0.29, 0.717) is 23.8 Å². The van der Waals surface area contributed by atoms with Crippen LogP contribution < -0.4 is 15.6 Å². The predicted molar refractivity (Wildman–Crippen MR) is 120 cm³/mol. The second kappa shape index (κ2) is 10.0. The third-order valence-electron chi connectivity index (χ3n) is 4.68. The van der Waals surface area contributed by atoms with E-state index >= 15 is 0 Å². The number of pyridine rings is 2. The molecule has 0 atom stereocenters. The van der Waals surface area contributed by atoms with Crippen LogP contribution in [0.1, 0.15) is 30.9 Å². The number of rotatable bonds is 8. The van der Waals surface area contributed by atoms with Gasteiger partial charge in [-0.3, -0.25) is 9.78 Å². The molecule has 0 amide bonds. The van der Waals surface area contributed by atoms with Crippen LogP contribution in [0.4, 0.5) is 0 Å². The maximum absolute atomic E-state index is 12.7. The highest BCUT2D eigenvalue weighted by molar-refractivity contribution is 7.80. The molecule has 0 saturated heterocycles. The minimum atomic E-state index is -0.116. The van der Waals surface area contributed by atoms with Gasteiger partial charge in [-0.1, -0.05) is 19.4 Å². The summed E-state index contributed by atoms with van der Waals surface area (Å²) in [6.45, 7) is 3.92. The van der Waals surface area contributed by atoms with Crippen LogP contribution in [0.15, 0.2) is 53.6 Å². The maximum Gasteiger partial charge on any atom is 0.253 e. The van der Waals surface area contributed by atoms with Crippen molar-refractivity contribution < 1.29 is 4.74 Å². The van der Waals surface area contributed by atoms with Gasteiger partial charge in [0.05, 0.1) is 13.7 Å². The topological polar surface area (TPSA) is 70.2 Å². The number of ether oxygens (including phenoxy) is 1. The lowest BCUT2D eigenvalue weighted by Crippen LogP contribution is -2.40. The monoisotopic (exact) mass is 410 g/mol. The van der Waals surface area contributed by atoms with Crippen molar-refractivity contribution in [2.45, 2.75) is 32.9 Å². The lowest BCUT2D eigenvalue weighted by atomic mass is 10.1. The van der Waals surface area contributed by atoms with E-state index in [1.54, 1.807) is 13.3 Å². The van der Waals surface area contributed by atoms with E-state index < -0.39 is 0 Å². The first kappa shape index (κ1) is 20.8. The van der Waals surface area contributed by atoms with Crippen molar-refractivity contribution >= 4 is 28.2 Å². The van der Waals surface area contributed by atoms with E-state index in [1.165, 1.54) is 0 Å². The van der Waals surface area contributed by atoms with E-state index in [2.05, 4.69) is 22.2 Å². The summed E-state index contributed by atoms with van der Waals surface area (Å²) in [6, 6.07) is 11.4. The van der Waals surface area contributed by atoms with Crippen molar-refractivity contribution in [3.63, 3.8) is 0 Å². The van der Waals surface area contributed by atoms with Gasteiger partial charge in [0, 0.05) is 41.9 Å². The van der Waals surface area contributed by atoms with E-state index in [1.807, 2.05) is 47.5 Å². The number of aromatic nitrogens is 2. The molecule has 6 nitrogen and oxygen atoms in total. The molecule has 2 N–H and O–H groups in total. The smallest absolute Gasteiger partial charge is 0.253 e. The van der Waals surface area contributed by atoms with Crippen molar-refractivity contribution in [2.75, 3.05) is 13.7 Å². The summed E-state index contributed by atoms with van der Waals surface area (Å²) >= 11 is 5.63. The number of nitrogens with one attached hydrogen (secondary N) is 2. The van der Waals surface area contributed by atoms with Gasteiger partial charge in [0.25, 0.3) is 5.56 Å². The molecule has 7 heteroatoms. The Balaban J connectivity index is 1.88. The molecule has 0 spiro atoms. The third-order valence-corrected chi connectivity index (χ3v) is 5.08. The van der Waals surface area contributed by atoms with Crippen molar-refractivity contribution in [1.82, 2.24) is 20.2 Å². The molecule has 2 heterocycles. The third kappa shape index (κ3) is 5.54. The summed E-state index contributed by atoms with van der Waals surface area (Å²) in [6.07, 6.45) is 5.69. The highest BCUT2D eigenvalue weighted by Crippen LogP contribution is 2.19. The van der Waals surface area contributed by atoms with E-state index in [-0.39, 0.29) is 5.56 Å². The number of hydrogen-bond acceptors (Lipinski definition) is 4. The number of aromatic amines is 1. The Labute approximate surface area is 175 Å². The largest absolute Gasteiger partial charge is 0.497 e. The Morgan fingerprint density at radius 1 is 1.28 bits per heavy atom. The fraction of sp³-hybridized carbons (Fsp3) is 0.318. The van der Waals surface area contributed by atoms with E-state index in [9.17, 15) is 4.79 Å². The van der Waals surface area contributed by atoms with Gasteiger partial charge in [-0.15, -0.1) is 0 Å². The Bertz CT molecular complexity index is 1020. The molecular formula is C22H26N4O2S. The second-order valence-electron chi connectivity index (χ2n) is 6.88. The molecule has 0 fully saturated rings. The minimum Gasteiger partial charge on any atom is -0.497 e. The number of methoxy groups -OCH3 is 1. The molecule has 29 heavy (non-hydrogen) atoms. The van der Waals surface area contributed by atoms with Gasteiger partial charge in [0.15, 0.2) is 5.11 Å². The Hall–Kier alpha value is -2.93. The zero-order valence-corrected chi connectivity index (χ0v) is 17.6. The lowest BCUT2D eigenvalue weighted by Gasteiger charge is -2.26. The van der Waals surface area contributed by atoms with Gasteiger partial charge in [0.2, 0.25) is 0 Å². The van der Waals surface area contributed by atoms with Crippen LogP contribution in [0.3, 0.4) is 0 Å². The Kier molecular flexibility index (Phi) is 7.19. The first-order chi connectivity index (χ1) is 14.1. The number of H-pyrrole nitrogens is 1. The number of nitrogens with zero attached hydrogens (tertiary/aromatic N) is 2. The normalized spacial score (nSPS) is 10.7. The van der Waals surface area contributed by atoms with E-state index in [0.717, 1.165) is 41.6 Å². The molecule has 0 saturated carbocycles. The summed E-state index contributed by atoms with van der Waals surface area (Å²) in [5.41, 5.74) is 2.34. The number of hydrogen-bond donors (Lipinski definition) is 2. The molecule has 0 aliphatic carbocycles. The van der Waals surface area contributed by atoms with E-state index in [4.69, 9.17) is 17.0 Å². The van der Waals surface area contributed by atoms with Crippen molar-refractivity contribution in [1.29, 1.82) is 0 Å². The molecule has 0 aliphatic heterocycles. The summed E-state index contributed by atoms with van der Waals surface area (Å²) in [5, 5.41) is 4.86. The molecule has 0 bridgehead atoms. The first-order valence-corrected chi connectivity index (χ1v) is 10.1. The van der Waals surface area contributed by atoms with Crippen LogP contribution in [-0.4, -0.2) is 33.6 Å². The highest BCUT2D eigenvalue weighted by atomic mass is 32.1. The van der Waals surface area contributed by atoms with Gasteiger partial charge in [-0.25, -0.2) is 0 Å². The number of fused-ring (bicyclic) bond motifs is 1. The van der Waals surface area contributed by atoms with Crippen LogP contribution >= 0.6 is 12.2 Å². The second-order valence-corrected chi connectivity index (χ2v) is 7.27. The van der Waals surface area contributed by atoms with Gasteiger partial charge in [-0.2, -0.15) is 0 Å². The summed E-state index contributed by atoms with van der Waals surface area (Å²) < 4.78 is 5.31. The Morgan fingerprint density at radius 2 is 2.14 bits per heavy atom. The molecule has 0 radical (unpaired) electrons. The number of unbranched alkanes of at least 4 members (excludes halogenated alkanes) is 1. The predicted octanol–water partition coefficient (Wildman–Crippen LogP) is 3.61. The standard InChI is InChI=1S/C22H26N4O2S/c1-3-4-10-24-22(29)26(14-16-6-5-9-23-13-16)15-18-11-17-12-19(28-2)7-8-20(17)25-21(18)27/h5-9,11-13H,3-4,10,14-15H2,1-2H3,(H,24,29)(H,25,27). The maximum atomic E-state index is 12.7. The SMILES string of the molecule is CCCCNC(=S)N(Cc1cccnc1)Cc1cc2cc(OC)ccc2[nH]c1=O. The van der Waals surface area contributed by atoms with Crippen molar-refractivity contribution in [3.8, 4) is 5.75 Å². The van der Waals surface area contributed by atoms with Gasteiger partial charge in [0.1, 0.15) is 5.75 Å². The molecule has 0 aliphatic rings. The summed E-state index contributed by atoms with van der Waals surface area (Å²) in [4.78, 5) is 21.8. The van der Waals surface area contributed by atoms with Crippen LogP contribution in [-0.2, 0) is 13.1 Å². The Morgan fingerprint density at radius 3 is 2.86 bits per heavy atom. The quantitative estimate of drug-likeness (QED) is 0.437. The van der Waals surface area contributed by atoms with Crippen molar-refractivity contribution in [2.24, 2.45) is 0 Å². The molecule has 3 rings (SSSR count). The lowest BCUT2D eigenvalue weighted by molar-refractivity contribution is 0.396. The minimum absolute atomic E-state index is 0.116. The molecule has 0 unspecified atom stereocenters. The van der Waals surface area contributed by atoms with Crippen LogP contribution in [0, 0.1) is 0 Å². The van der Waals surface area contributed by atoms with Crippen LogP contribution in [0.2, 0.25) is 0 Å². The molecule has 3 aromatic rings. The average molecular weight is 411 g/mol. The van der Waals surface area contributed by atoms with Crippen LogP contribution in [0.5, 0.6) is 5.75 Å². The van der Waals surface area contributed by atoms with Gasteiger partial charge >= 0.3 is 0 Å². The molecular weight excluding hydrogens is 384 g/mol. The summed E-state index contributed by atoms with van der Waals surface area (Å²) in [5.74, 6) is 0.750. The molecule has 1 aromatic carbocycles. The highest BCUT2D eigenvalue weighted by Gasteiger charge is 2.14. The average Bonchev–Trinajstić information content (AvgIpc) is 2.74. The fourth-order valence-electron chi connectivity index (χ4n) is 3.08. The summed E-state index contributed by atoms with van der Waals surface area (Å²) in [7, 11) is 1.63. The molecule has 152 valence electrons.